The Hall–Kier alpha value is -2.22. The van der Waals surface area contributed by atoms with Crippen LogP contribution in [0.4, 0.5) is 11.4 Å². The summed E-state index contributed by atoms with van der Waals surface area (Å²) in [6.07, 6.45) is 0.755. The van der Waals surface area contributed by atoms with E-state index in [2.05, 4.69) is 11.4 Å². The number of likely N-dealkylation sites (tertiary alicyclic amines) is 1. The van der Waals surface area contributed by atoms with Gasteiger partial charge in [0, 0.05) is 19.3 Å². The van der Waals surface area contributed by atoms with E-state index >= 15 is 0 Å². The second-order valence-electron chi connectivity index (χ2n) is 4.16. The lowest BCUT2D eigenvalue weighted by Gasteiger charge is -2.14. The largest absolute Gasteiger partial charge is 0.399 e. The number of nitrogens with two attached hydrogens (primary N) is 1. The molecule has 5 nitrogen and oxygen atoms in total. The Morgan fingerprint density at radius 1 is 1.59 bits per heavy atom. The Morgan fingerprint density at radius 2 is 2.35 bits per heavy atom. The Labute approximate surface area is 99.8 Å². The molecule has 88 valence electrons. The molecule has 0 aliphatic carbocycles. The molecule has 17 heavy (non-hydrogen) atoms. The average molecular weight is 230 g/mol. The highest BCUT2D eigenvalue weighted by Crippen LogP contribution is 2.21. The third-order valence-corrected chi connectivity index (χ3v) is 2.92. The van der Waals surface area contributed by atoms with Crippen LogP contribution in [-0.4, -0.2) is 30.4 Å². The van der Waals surface area contributed by atoms with Crippen molar-refractivity contribution in [2.75, 3.05) is 24.6 Å². The van der Waals surface area contributed by atoms with Gasteiger partial charge in [0.15, 0.2) is 0 Å². The molecule has 0 saturated carbocycles. The van der Waals surface area contributed by atoms with E-state index in [0.717, 1.165) is 13.0 Å². The summed E-state index contributed by atoms with van der Waals surface area (Å²) in [5.74, 6) is 0.0608. The first-order valence-corrected chi connectivity index (χ1v) is 5.43. The predicted molar refractivity (Wildman–Crippen MR) is 65.2 cm³/mol. The number of nitrogens with zero attached hydrogens (tertiary/aromatic N) is 2. The lowest BCUT2D eigenvalue weighted by molar-refractivity contribution is -0.127. The van der Waals surface area contributed by atoms with Gasteiger partial charge in [-0.3, -0.25) is 4.79 Å². The number of amides is 1. The number of carbonyl (C=O) groups is 1. The molecule has 1 heterocycles. The smallest absolute Gasteiger partial charge is 0.244 e. The molecule has 1 atom stereocenters. The summed E-state index contributed by atoms with van der Waals surface area (Å²) in [7, 11) is 1.78. The van der Waals surface area contributed by atoms with Crippen LogP contribution in [0.3, 0.4) is 0 Å². The minimum Gasteiger partial charge on any atom is -0.399 e. The highest BCUT2D eigenvalue weighted by molar-refractivity contribution is 5.87. The number of likely N-dealkylation sites (N-methyl/N-ethyl adjacent to an activating group) is 1. The maximum absolute atomic E-state index is 11.7. The monoisotopic (exact) mass is 230 g/mol. The van der Waals surface area contributed by atoms with E-state index in [1.807, 2.05) is 0 Å². The zero-order chi connectivity index (χ0) is 12.4. The van der Waals surface area contributed by atoms with E-state index in [9.17, 15) is 4.79 Å². The van der Waals surface area contributed by atoms with E-state index in [0.29, 0.717) is 16.9 Å². The number of hydrogen-bond acceptors (Lipinski definition) is 4. The molecule has 0 spiro atoms. The summed E-state index contributed by atoms with van der Waals surface area (Å²) >= 11 is 0. The second kappa shape index (κ2) is 4.34. The van der Waals surface area contributed by atoms with Crippen LogP contribution in [0.5, 0.6) is 0 Å². The van der Waals surface area contributed by atoms with Crippen molar-refractivity contribution >= 4 is 17.3 Å². The molecule has 0 radical (unpaired) electrons. The number of hydrogen-bond donors (Lipinski definition) is 2. The molecule has 5 heteroatoms. The van der Waals surface area contributed by atoms with Crippen molar-refractivity contribution in [3.8, 4) is 6.07 Å². The average Bonchev–Trinajstić information content (AvgIpc) is 2.63. The molecule has 2 rings (SSSR count). The summed E-state index contributed by atoms with van der Waals surface area (Å²) in [5, 5.41) is 12.1. The molecule has 1 amide bonds. The third kappa shape index (κ3) is 2.16. The molecule has 1 saturated heterocycles. The second-order valence-corrected chi connectivity index (χ2v) is 4.16. The molecular weight excluding hydrogens is 216 g/mol. The van der Waals surface area contributed by atoms with Crippen LogP contribution in [0.15, 0.2) is 18.2 Å². The summed E-state index contributed by atoms with van der Waals surface area (Å²) in [4.78, 5) is 13.4. The fourth-order valence-corrected chi connectivity index (χ4v) is 1.92. The van der Waals surface area contributed by atoms with Gasteiger partial charge in [-0.2, -0.15) is 5.26 Å². The van der Waals surface area contributed by atoms with Gasteiger partial charge in [0.2, 0.25) is 5.91 Å². The zero-order valence-electron chi connectivity index (χ0n) is 9.60. The first kappa shape index (κ1) is 11.3. The summed E-state index contributed by atoms with van der Waals surface area (Å²) in [6.45, 7) is 0.743. The van der Waals surface area contributed by atoms with Crippen LogP contribution in [0.2, 0.25) is 0 Å². The minimum atomic E-state index is -0.240. The third-order valence-electron chi connectivity index (χ3n) is 2.92. The normalized spacial score (nSPS) is 19.2. The SMILES string of the molecule is CN1CCC(Nc2ccc(N)cc2C#N)C1=O. The quantitative estimate of drug-likeness (QED) is 0.736. The van der Waals surface area contributed by atoms with E-state index in [1.165, 1.54) is 0 Å². The van der Waals surface area contributed by atoms with Gasteiger partial charge < -0.3 is 16.0 Å². The number of nitriles is 1. The Balaban J connectivity index is 2.20. The predicted octanol–water partition coefficient (Wildman–Crippen LogP) is 0.783. The number of benzene rings is 1. The Bertz CT molecular complexity index is 492. The summed E-state index contributed by atoms with van der Waals surface area (Å²) < 4.78 is 0. The van der Waals surface area contributed by atoms with Crippen LogP contribution in [0, 0.1) is 11.3 Å². The first-order chi connectivity index (χ1) is 8.11. The highest BCUT2D eigenvalue weighted by atomic mass is 16.2. The summed E-state index contributed by atoms with van der Waals surface area (Å²) in [6, 6.07) is 6.88. The molecule has 1 aromatic rings. The lowest BCUT2D eigenvalue weighted by atomic mass is 10.1. The van der Waals surface area contributed by atoms with Gasteiger partial charge in [-0.15, -0.1) is 0 Å². The number of nitrogens with one attached hydrogen (secondary N) is 1. The van der Waals surface area contributed by atoms with Gasteiger partial charge in [0.25, 0.3) is 0 Å². The minimum absolute atomic E-state index is 0.0608. The van der Waals surface area contributed by atoms with Gasteiger partial charge in [-0.25, -0.2) is 0 Å². The van der Waals surface area contributed by atoms with Gasteiger partial charge >= 0.3 is 0 Å². The number of anilines is 2. The lowest BCUT2D eigenvalue weighted by Crippen LogP contribution is -2.31. The van der Waals surface area contributed by atoms with Crippen molar-refractivity contribution in [2.24, 2.45) is 0 Å². The highest BCUT2D eigenvalue weighted by Gasteiger charge is 2.29. The van der Waals surface area contributed by atoms with Gasteiger partial charge in [0.1, 0.15) is 12.1 Å². The molecule has 0 aromatic heterocycles. The number of carbonyl (C=O) groups excluding carboxylic acids is 1. The standard InChI is InChI=1S/C12H14N4O/c1-16-5-4-11(12(16)17)15-10-3-2-9(14)6-8(10)7-13/h2-3,6,11,15H,4-5,14H2,1H3. The molecular formula is C12H14N4O. The maximum atomic E-state index is 11.7. The molecule has 0 bridgehead atoms. The van der Waals surface area contributed by atoms with Gasteiger partial charge in [-0.05, 0) is 24.6 Å². The van der Waals surface area contributed by atoms with Crippen molar-refractivity contribution < 1.29 is 4.79 Å². The van der Waals surface area contributed by atoms with Crippen LogP contribution in [0.25, 0.3) is 0 Å². The van der Waals surface area contributed by atoms with Gasteiger partial charge in [-0.1, -0.05) is 0 Å². The van der Waals surface area contributed by atoms with Crippen molar-refractivity contribution in [1.29, 1.82) is 5.26 Å². The zero-order valence-corrected chi connectivity index (χ0v) is 9.60. The van der Waals surface area contributed by atoms with Gasteiger partial charge in [0.05, 0.1) is 11.3 Å². The van der Waals surface area contributed by atoms with Crippen LogP contribution < -0.4 is 11.1 Å². The summed E-state index contributed by atoms with van der Waals surface area (Å²) in [5.41, 5.74) is 7.28. The Kier molecular flexibility index (Phi) is 2.88. The fourth-order valence-electron chi connectivity index (χ4n) is 1.92. The van der Waals surface area contributed by atoms with E-state index in [-0.39, 0.29) is 11.9 Å². The van der Waals surface area contributed by atoms with E-state index < -0.39 is 0 Å². The maximum Gasteiger partial charge on any atom is 0.244 e. The van der Waals surface area contributed by atoms with Crippen LogP contribution >= 0.6 is 0 Å². The molecule has 1 fully saturated rings. The molecule has 1 aliphatic heterocycles. The van der Waals surface area contributed by atoms with Crippen LogP contribution in [0.1, 0.15) is 12.0 Å². The molecule has 1 aromatic carbocycles. The number of nitrogen functional groups attached to an aromatic ring is 1. The van der Waals surface area contributed by atoms with Crippen molar-refractivity contribution in [3.05, 3.63) is 23.8 Å². The number of rotatable bonds is 2. The van der Waals surface area contributed by atoms with Crippen molar-refractivity contribution in [2.45, 2.75) is 12.5 Å². The topological polar surface area (TPSA) is 82.2 Å². The molecule has 1 unspecified atom stereocenters. The first-order valence-electron chi connectivity index (χ1n) is 5.43. The van der Waals surface area contributed by atoms with E-state index in [4.69, 9.17) is 11.0 Å². The van der Waals surface area contributed by atoms with Crippen LogP contribution in [-0.2, 0) is 4.79 Å². The Morgan fingerprint density at radius 3 is 2.94 bits per heavy atom. The van der Waals surface area contributed by atoms with E-state index in [1.54, 1.807) is 30.1 Å². The molecule has 3 N–H and O–H groups in total. The fraction of sp³-hybridized carbons (Fsp3) is 0.333. The van der Waals surface area contributed by atoms with Crippen molar-refractivity contribution in [3.63, 3.8) is 0 Å². The molecule has 1 aliphatic rings. The van der Waals surface area contributed by atoms with Crippen molar-refractivity contribution in [1.82, 2.24) is 4.90 Å².